The Hall–Kier alpha value is -2.42. The van der Waals surface area contributed by atoms with Gasteiger partial charge in [-0.3, -0.25) is 9.78 Å². The fourth-order valence-electron chi connectivity index (χ4n) is 1.83. The zero-order valence-corrected chi connectivity index (χ0v) is 8.96. The van der Waals surface area contributed by atoms with Crippen molar-refractivity contribution in [3.63, 3.8) is 0 Å². The number of para-hydroxylation sites is 1. The van der Waals surface area contributed by atoms with E-state index in [1.54, 1.807) is 24.4 Å². The quantitative estimate of drug-likeness (QED) is 0.627. The van der Waals surface area contributed by atoms with Crippen LogP contribution in [0.25, 0.3) is 10.9 Å². The van der Waals surface area contributed by atoms with Gasteiger partial charge in [-0.25, -0.2) is 0 Å². The lowest BCUT2D eigenvalue weighted by Gasteiger charge is -2.02. The minimum atomic E-state index is -0.117. The van der Waals surface area contributed by atoms with Crippen LogP contribution in [0, 0.1) is 0 Å². The average molecular weight is 223 g/mol. The van der Waals surface area contributed by atoms with Gasteiger partial charge in [-0.15, -0.1) is 0 Å². The molecule has 0 spiro atoms. The second kappa shape index (κ2) is 3.87. The normalized spacial score (nSPS) is 10.6. The number of rotatable bonds is 2. The van der Waals surface area contributed by atoms with Crippen LogP contribution in [0.1, 0.15) is 16.1 Å². The summed E-state index contributed by atoms with van der Waals surface area (Å²) in [4.78, 5) is 16.4. The van der Waals surface area contributed by atoms with Crippen molar-refractivity contribution >= 4 is 16.7 Å². The molecule has 0 amide bonds. The van der Waals surface area contributed by atoms with E-state index in [2.05, 4.69) is 4.98 Å². The number of ketones is 1. The fraction of sp³-hybridized carbons (Fsp3) is 0. The first-order valence-electron chi connectivity index (χ1n) is 5.28. The molecule has 2 heterocycles. The summed E-state index contributed by atoms with van der Waals surface area (Å²) in [5, 5.41) is 0.844. The maximum atomic E-state index is 12.2. The first-order chi connectivity index (χ1) is 8.36. The minimum Gasteiger partial charge on any atom is -0.461 e. The smallest absolute Gasteiger partial charge is 0.228 e. The molecule has 3 nitrogen and oxygen atoms in total. The zero-order chi connectivity index (χ0) is 11.7. The number of pyridine rings is 1. The molecule has 0 aliphatic carbocycles. The number of nitrogens with zero attached hydrogens (tertiary/aromatic N) is 1. The van der Waals surface area contributed by atoms with Crippen LogP contribution < -0.4 is 0 Å². The fourth-order valence-corrected chi connectivity index (χ4v) is 1.83. The van der Waals surface area contributed by atoms with Gasteiger partial charge in [0, 0.05) is 17.1 Å². The molecule has 1 aromatic carbocycles. The van der Waals surface area contributed by atoms with Gasteiger partial charge in [-0.05, 0) is 24.3 Å². The second-order valence-corrected chi connectivity index (χ2v) is 3.68. The summed E-state index contributed by atoms with van der Waals surface area (Å²) < 4.78 is 5.13. The second-order valence-electron chi connectivity index (χ2n) is 3.68. The highest BCUT2D eigenvalue weighted by atomic mass is 16.3. The summed E-state index contributed by atoms with van der Waals surface area (Å²) in [6.07, 6.45) is 3.13. The molecule has 0 radical (unpaired) electrons. The van der Waals surface area contributed by atoms with Gasteiger partial charge in [0.1, 0.15) is 0 Å². The van der Waals surface area contributed by atoms with Crippen LogP contribution in [0.5, 0.6) is 0 Å². The van der Waals surface area contributed by atoms with Gasteiger partial charge in [0.25, 0.3) is 0 Å². The largest absolute Gasteiger partial charge is 0.461 e. The molecule has 0 fully saturated rings. The van der Waals surface area contributed by atoms with Crippen LogP contribution in [0.15, 0.2) is 59.3 Å². The van der Waals surface area contributed by atoms with E-state index in [1.807, 2.05) is 24.3 Å². The van der Waals surface area contributed by atoms with Crippen LogP contribution >= 0.6 is 0 Å². The van der Waals surface area contributed by atoms with Crippen LogP contribution in [-0.4, -0.2) is 10.8 Å². The Morgan fingerprint density at radius 2 is 1.94 bits per heavy atom. The highest BCUT2D eigenvalue weighted by molar-refractivity contribution is 6.14. The molecule has 0 aliphatic rings. The van der Waals surface area contributed by atoms with Gasteiger partial charge >= 0.3 is 0 Å². The molecule has 2 aromatic heterocycles. The number of hydrogen-bond acceptors (Lipinski definition) is 3. The third-order valence-electron chi connectivity index (χ3n) is 2.64. The summed E-state index contributed by atoms with van der Waals surface area (Å²) in [5.74, 6) is 0.231. The third kappa shape index (κ3) is 1.61. The van der Waals surface area contributed by atoms with E-state index >= 15 is 0 Å². The Labute approximate surface area is 97.7 Å². The summed E-state index contributed by atoms with van der Waals surface area (Å²) in [6.45, 7) is 0. The van der Waals surface area contributed by atoms with Crippen molar-refractivity contribution in [2.45, 2.75) is 0 Å². The Morgan fingerprint density at radius 3 is 2.76 bits per heavy atom. The van der Waals surface area contributed by atoms with Crippen molar-refractivity contribution in [1.82, 2.24) is 4.98 Å². The van der Waals surface area contributed by atoms with Crippen molar-refractivity contribution in [2.24, 2.45) is 0 Å². The molecular formula is C14H9NO2. The van der Waals surface area contributed by atoms with E-state index in [0.717, 1.165) is 10.9 Å². The van der Waals surface area contributed by atoms with Crippen molar-refractivity contribution in [3.05, 3.63) is 66.2 Å². The van der Waals surface area contributed by atoms with E-state index < -0.39 is 0 Å². The standard InChI is InChI=1S/C14H9NO2/c16-14(13-6-3-9-17-13)11-7-8-15-12-5-2-1-4-10(11)12/h1-9H. The minimum absolute atomic E-state index is 0.117. The molecular weight excluding hydrogens is 214 g/mol. The average Bonchev–Trinajstić information content (AvgIpc) is 2.91. The number of furan rings is 1. The van der Waals surface area contributed by atoms with Gasteiger partial charge in [-0.1, -0.05) is 18.2 Å². The Kier molecular flexibility index (Phi) is 2.22. The van der Waals surface area contributed by atoms with Crippen LogP contribution in [0.4, 0.5) is 0 Å². The maximum Gasteiger partial charge on any atom is 0.228 e. The molecule has 3 aromatic rings. The molecule has 0 N–H and O–H groups in total. The Bertz CT molecular complexity index is 666. The molecule has 17 heavy (non-hydrogen) atoms. The van der Waals surface area contributed by atoms with Gasteiger partial charge in [-0.2, -0.15) is 0 Å². The first-order valence-corrected chi connectivity index (χ1v) is 5.28. The summed E-state index contributed by atoms with van der Waals surface area (Å²) >= 11 is 0. The van der Waals surface area contributed by atoms with E-state index in [0.29, 0.717) is 11.3 Å². The van der Waals surface area contributed by atoms with Crippen LogP contribution in [-0.2, 0) is 0 Å². The maximum absolute atomic E-state index is 12.2. The van der Waals surface area contributed by atoms with E-state index in [-0.39, 0.29) is 5.78 Å². The molecule has 0 atom stereocenters. The molecule has 3 rings (SSSR count). The molecule has 3 heteroatoms. The van der Waals surface area contributed by atoms with E-state index in [1.165, 1.54) is 6.26 Å². The van der Waals surface area contributed by atoms with Gasteiger partial charge in [0.15, 0.2) is 5.76 Å². The lowest BCUT2D eigenvalue weighted by Crippen LogP contribution is -2.01. The molecule has 0 saturated carbocycles. The molecule has 0 bridgehead atoms. The van der Waals surface area contributed by atoms with Gasteiger partial charge in [0.2, 0.25) is 5.78 Å². The third-order valence-corrected chi connectivity index (χ3v) is 2.64. The number of fused-ring (bicyclic) bond motifs is 1. The van der Waals surface area contributed by atoms with E-state index in [4.69, 9.17) is 4.42 Å². The van der Waals surface area contributed by atoms with E-state index in [9.17, 15) is 4.79 Å². The number of carbonyl (C=O) groups is 1. The highest BCUT2D eigenvalue weighted by Gasteiger charge is 2.14. The van der Waals surface area contributed by atoms with Crippen LogP contribution in [0.3, 0.4) is 0 Å². The molecule has 82 valence electrons. The molecule has 0 unspecified atom stereocenters. The Morgan fingerprint density at radius 1 is 1.06 bits per heavy atom. The SMILES string of the molecule is O=C(c1ccco1)c1ccnc2ccccc12. The lowest BCUT2D eigenvalue weighted by atomic mass is 10.0. The Balaban J connectivity index is 2.21. The van der Waals surface area contributed by atoms with Crippen molar-refractivity contribution < 1.29 is 9.21 Å². The number of carbonyl (C=O) groups excluding carboxylic acids is 1. The van der Waals surface area contributed by atoms with Crippen molar-refractivity contribution in [1.29, 1.82) is 0 Å². The number of benzene rings is 1. The summed E-state index contributed by atoms with van der Waals surface area (Å²) in [7, 11) is 0. The molecule has 0 aliphatic heterocycles. The highest BCUT2D eigenvalue weighted by Crippen LogP contribution is 2.19. The van der Waals surface area contributed by atoms with Crippen molar-refractivity contribution in [2.75, 3.05) is 0 Å². The predicted molar refractivity (Wildman–Crippen MR) is 63.9 cm³/mol. The topological polar surface area (TPSA) is 43.1 Å². The first kappa shape index (κ1) is 9.78. The zero-order valence-electron chi connectivity index (χ0n) is 8.96. The summed E-state index contributed by atoms with van der Waals surface area (Å²) in [5.41, 5.74) is 1.43. The van der Waals surface area contributed by atoms with Crippen molar-refractivity contribution in [3.8, 4) is 0 Å². The number of hydrogen-bond donors (Lipinski definition) is 0. The van der Waals surface area contributed by atoms with Crippen LogP contribution in [0.2, 0.25) is 0 Å². The molecule has 0 saturated heterocycles. The van der Waals surface area contributed by atoms with Gasteiger partial charge in [0.05, 0.1) is 11.8 Å². The predicted octanol–water partition coefficient (Wildman–Crippen LogP) is 3.06. The monoisotopic (exact) mass is 223 g/mol. The van der Waals surface area contributed by atoms with Gasteiger partial charge < -0.3 is 4.42 Å². The lowest BCUT2D eigenvalue weighted by molar-refractivity contribution is 0.101. The number of aromatic nitrogens is 1. The summed E-state index contributed by atoms with van der Waals surface area (Å²) in [6, 6.07) is 12.6.